The second-order valence-corrected chi connectivity index (χ2v) is 4.89. The molecule has 1 atom stereocenters. The molecule has 1 unspecified atom stereocenters. The fraction of sp³-hybridized carbons (Fsp3) is 0.417. The molecule has 0 aliphatic carbocycles. The van der Waals surface area contributed by atoms with Gasteiger partial charge in [-0.25, -0.2) is 0 Å². The fourth-order valence-corrected chi connectivity index (χ4v) is 1.97. The van der Waals surface area contributed by atoms with Gasteiger partial charge in [-0.05, 0) is 24.5 Å². The normalized spacial score (nSPS) is 12.5. The molecular weight excluding hydrogens is 206 g/mol. The smallest absolute Gasteiger partial charge is 0.185 e. The lowest BCUT2D eigenvalue weighted by Gasteiger charge is -2.11. The second-order valence-electron chi connectivity index (χ2n) is 3.69. The lowest BCUT2D eigenvalue weighted by atomic mass is 10.0. The molecule has 0 spiro atoms. The number of rotatable bonds is 4. The van der Waals surface area contributed by atoms with Crippen LogP contribution in [0.25, 0.3) is 0 Å². The third-order valence-electron chi connectivity index (χ3n) is 2.24. The van der Waals surface area contributed by atoms with E-state index < -0.39 is 0 Å². The molecule has 2 nitrogen and oxygen atoms in total. The predicted octanol–water partition coefficient (Wildman–Crippen LogP) is 2.14. The standard InChI is InChI=1S/C12H17NOS/c1-9-5-3-4-6-11(9)7-12(13)8-15-10(2)14/h3-6,12H,7-8,13H2,1-2H3. The number of benzene rings is 1. The molecule has 0 heterocycles. The van der Waals surface area contributed by atoms with Crippen LogP contribution in [0.3, 0.4) is 0 Å². The van der Waals surface area contributed by atoms with E-state index in [0.717, 1.165) is 6.42 Å². The molecule has 1 aromatic rings. The van der Waals surface area contributed by atoms with Crippen LogP contribution in [0, 0.1) is 6.92 Å². The summed E-state index contributed by atoms with van der Waals surface area (Å²) in [7, 11) is 0. The molecule has 0 saturated carbocycles. The monoisotopic (exact) mass is 223 g/mol. The first-order valence-corrected chi connectivity index (χ1v) is 6.01. The van der Waals surface area contributed by atoms with E-state index in [-0.39, 0.29) is 11.2 Å². The first-order valence-electron chi connectivity index (χ1n) is 5.03. The summed E-state index contributed by atoms with van der Waals surface area (Å²) in [4.78, 5) is 10.8. The Morgan fingerprint density at radius 3 is 2.73 bits per heavy atom. The lowest BCUT2D eigenvalue weighted by Crippen LogP contribution is -2.26. The summed E-state index contributed by atoms with van der Waals surface area (Å²) in [5, 5.41) is 0.134. The minimum atomic E-state index is 0.0556. The van der Waals surface area contributed by atoms with Gasteiger partial charge in [0, 0.05) is 18.7 Å². The molecule has 0 bridgehead atoms. The van der Waals surface area contributed by atoms with E-state index in [1.54, 1.807) is 6.92 Å². The Hall–Kier alpha value is -0.800. The molecule has 1 rings (SSSR count). The Morgan fingerprint density at radius 1 is 1.47 bits per heavy atom. The van der Waals surface area contributed by atoms with Crippen LogP contribution in [0.2, 0.25) is 0 Å². The van der Waals surface area contributed by atoms with Gasteiger partial charge in [0.15, 0.2) is 5.12 Å². The summed E-state index contributed by atoms with van der Waals surface area (Å²) in [5.74, 6) is 0.698. The van der Waals surface area contributed by atoms with Gasteiger partial charge >= 0.3 is 0 Å². The zero-order valence-corrected chi connectivity index (χ0v) is 10.0. The highest BCUT2D eigenvalue weighted by molar-refractivity contribution is 8.13. The summed E-state index contributed by atoms with van der Waals surface area (Å²) >= 11 is 1.30. The zero-order valence-electron chi connectivity index (χ0n) is 9.19. The molecule has 0 radical (unpaired) electrons. The summed E-state index contributed by atoms with van der Waals surface area (Å²) in [6.07, 6.45) is 0.840. The van der Waals surface area contributed by atoms with E-state index >= 15 is 0 Å². The van der Waals surface area contributed by atoms with Crippen LogP contribution in [-0.4, -0.2) is 16.9 Å². The maximum absolute atomic E-state index is 10.8. The Labute approximate surface area is 95.2 Å². The van der Waals surface area contributed by atoms with Crippen molar-refractivity contribution in [3.05, 3.63) is 35.4 Å². The average molecular weight is 223 g/mol. The summed E-state index contributed by atoms with van der Waals surface area (Å²) in [6, 6.07) is 8.27. The SMILES string of the molecule is CC(=O)SCC(N)Cc1ccccc1C. The summed E-state index contributed by atoms with van der Waals surface area (Å²) in [6.45, 7) is 3.66. The molecule has 0 aliphatic heterocycles. The number of aryl methyl sites for hydroxylation is 1. The van der Waals surface area contributed by atoms with Gasteiger partial charge in [-0.3, -0.25) is 4.79 Å². The number of carbonyl (C=O) groups excluding carboxylic acids is 1. The number of thioether (sulfide) groups is 1. The first-order chi connectivity index (χ1) is 7.09. The lowest BCUT2D eigenvalue weighted by molar-refractivity contribution is -0.109. The number of nitrogens with two attached hydrogens (primary N) is 1. The molecule has 0 saturated heterocycles. The van der Waals surface area contributed by atoms with E-state index in [1.807, 2.05) is 12.1 Å². The van der Waals surface area contributed by atoms with Crippen LogP contribution in [0.15, 0.2) is 24.3 Å². The van der Waals surface area contributed by atoms with Crippen LogP contribution in [0.4, 0.5) is 0 Å². The molecule has 0 aromatic heterocycles. The van der Waals surface area contributed by atoms with E-state index in [1.165, 1.54) is 22.9 Å². The van der Waals surface area contributed by atoms with Crippen LogP contribution in [-0.2, 0) is 11.2 Å². The van der Waals surface area contributed by atoms with Gasteiger partial charge in [0.2, 0.25) is 0 Å². The van der Waals surface area contributed by atoms with Crippen molar-refractivity contribution >= 4 is 16.9 Å². The van der Waals surface area contributed by atoms with Gasteiger partial charge in [0.25, 0.3) is 0 Å². The van der Waals surface area contributed by atoms with Crippen molar-refractivity contribution in [2.75, 3.05) is 5.75 Å². The highest BCUT2D eigenvalue weighted by atomic mass is 32.2. The van der Waals surface area contributed by atoms with Gasteiger partial charge < -0.3 is 5.73 Å². The van der Waals surface area contributed by atoms with Gasteiger partial charge in [0.05, 0.1) is 0 Å². The molecule has 0 aliphatic rings. The van der Waals surface area contributed by atoms with Crippen LogP contribution >= 0.6 is 11.8 Å². The van der Waals surface area contributed by atoms with E-state index in [4.69, 9.17) is 5.73 Å². The zero-order chi connectivity index (χ0) is 11.3. The molecular formula is C12H17NOS. The average Bonchev–Trinajstić information content (AvgIpc) is 2.18. The Bertz CT molecular complexity index is 338. The van der Waals surface area contributed by atoms with Gasteiger partial charge in [-0.15, -0.1) is 0 Å². The Kier molecular flexibility index (Phi) is 4.85. The van der Waals surface area contributed by atoms with Gasteiger partial charge in [-0.1, -0.05) is 36.0 Å². The number of carbonyl (C=O) groups is 1. The van der Waals surface area contributed by atoms with E-state index in [2.05, 4.69) is 19.1 Å². The van der Waals surface area contributed by atoms with Crippen molar-refractivity contribution in [3.63, 3.8) is 0 Å². The van der Waals surface area contributed by atoms with Crippen LogP contribution in [0.1, 0.15) is 18.1 Å². The molecule has 0 amide bonds. The van der Waals surface area contributed by atoms with Crippen molar-refractivity contribution in [1.82, 2.24) is 0 Å². The third kappa shape index (κ3) is 4.49. The number of hydrogen-bond acceptors (Lipinski definition) is 3. The molecule has 82 valence electrons. The molecule has 15 heavy (non-hydrogen) atoms. The topological polar surface area (TPSA) is 43.1 Å². The van der Waals surface area contributed by atoms with Crippen molar-refractivity contribution in [2.45, 2.75) is 26.3 Å². The van der Waals surface area contributed by atoms with Gasteiger partial charge in [-0.2, -0.15) is 0 Å². The van der Waals surface area contributed by atoms with Crippen molar-refractivity contribution < 1.29 is 4.79 Å². The number of hydrogen-bond donors (Lipinski definition) is 1. The Balaban J connectivity index is 2.47. The Morgan fingerprint density at radius 2 is 2.13 bits per heavy atom. The van der Waals surface area contributed by atoms with E-state index in [9.17, 15) is 4.79 Å². The quantitative estimate of drug-likeness (QED) is 0.850. The van der Waals surface area contributed by atoms with Crippen molar-refractivity contribution in [1.29, 1.82) is 0 Å². The summed E-state index contributed by atoms with van der Waals surface area (Å²) in [5.41, 5.74) is 8.49. The summed E-state index contributed by atoms with van der Waals surface area (Å²) < 4.78 is 0. The van der Waals surface area contributed by atoms with Crippen molar-refractivity contribution in [2.24, 2.45) is 5.73 Å². The maximum atomic E-state index is 10.8. The molecule has 3 heteroatoms. The highest BCUT2D eigenvalue weighted by Crippen LogP contribution is 2.11. The molecule has 0 fully saturated rings. The maximum Gasteiger partial charge on any atom is 0.185 e. The van der Waals surface area contributed by atoms with Crippen LogP contribution < -0.4 is 5.73 Å². The second kappa shape index (κ2) is 5.93. The van der Waals surface area contributed by atoms with E-state index in [0.29, 0.717) is 5.75 Å². The third-order valence-corrected chi connectivity index (χ3v) is 3.25. The highest BCUT2D eigenvalue weighted by Gasteiger charge is 2.07. The first kappa shape index (κ1) is 12.3. The minimum absolute atomic E-state index is 0.0556. The largest absolute Gasteiger partial charge is 0.327 e. The van der Waals surface area contributed by atoms with Crippen molar-refractivity contribution in [3.8, 4) is 0 Å². The molecule has 1 aromatic carbocycles. The predicted molar refractivity (Wildman–Crippen MR) is 66.0 cm³/mol. The fourth-order valence-electron chi connectivity index (χ4n) is 1.40. The van der Waals surface area contributed by atoms with Gasteiger partial charge in [0.1, 0.15) is 0 Å². The minimum Gasteiger partial charge on any atom is -0.327 e. The molecule has 2 N–H and O–H groups in total. The van der Waals surface area contributed by atoms with Crippen LogP contribution in [0.5, 0.6) is 0 Å².